The van der Waals surface area contributed by atoms with Crippen LogP contribution in [-0.4, -0.2) is 39.5 Å². The molecule has 2 aromatic carbocycles. The van der Waals surface area contributed by atoms with Gasteiger partial charge in [-0.3, -0.25) is 15.1 Å². The summed E-state index contributed by atoms with van der Waals surface area (Å²) < 4.78 is 10.7. The van der Waals surface area contributed by atoms with E-state index in [2.05, 4.69) is 20.3 Å². The fraction of sp³-hybridized carbons (Fsp3) is 0.174. The highest BCUT2D eigenvalue weighted by Gasteiger charge is 2.21. The first-order chi connectivity index (χ1) is 15.5. The fourth-order valence-corrected chi connectivity index (χ4v) is 3.61. The van der Waals surface area contributed by atoms with Crippen molar-refractivity contribution in [2.45, 2.75) is 20.0 Å². The molecule has 1 atom stereocenters. The van der Waals surface area contributed by atoms with Crippen LogP contribution in [0, 0.1) is 0 Å². The first-order valence-corrected chi connectivity index (χ1v) is 10.8. The number of benzene rings is 2. The molecule has 0 saturated carbocycles. The molecule has 32 heavy (non-hydrogen) atoms. The van der Waals surface area contributed by atoms with E-state index in [1.807, 2.05) is 42.6 Å². The summed E-state index contributed by atoms with van der Waals surface area (Å²) in [7, 11) is 0. The average Bonchev–Trinajstić information content (AvgIpc) is 3.27. The summed E-state index contributed by atoms with van der Waals surface area (Å²) in [6.07, 6.45) is 0.299. The van der Waals surface area contributed by atoms with Crippen LogP contribution in [0.15, 0.2) is 60.1 Å². The number of thiazole rings is 1. The number of fused-ring (bicyclic) bond motifs is 1. The maximum absolute atomic E-state index is 12.5. The Morgan fingerprint density at radius 1 is 1.06 bits per heavy atom. The van der Waals surface area contributed by atoms with Crippen molar-refractivity contribution in [1.29, 1.82) is 0 Å². The molecule has 2 aromatic heterocycles. The Morgan fingerprint density at radius 3 is 2.56 bits per heavy atom. The van der Waals surface area contributed by atoms with Crippen LogP contribution in [0.1, 0.15) is 24.3 Å². The van der Waals surface area contributed by atoms with Gasteiger partial charge in [-0.15, -0.1) is 11.3 Å². The Kier molecular flexibility index (Phi) is 6.37. The summed E-state index contributed by atoms with van der Waals surface area (Å²) in [6, 6.07) is 14.7. The topological polar surface area (TPSA) is 103 Å². The van der Waals surface area contributed by atoms with E-state index in [1.54, 1.807) is 18.2 Å². The number of hydrogen-bond acceptors (Lipinski definition) is 8. The highest BCUT2D eigenvalue weighted by Crippen LogP contribution is 2.26. The van der Waals surface area contributed by atoms with Crippen LogP contribution in [0.2, 0.25) is 0 Å². The number of esters is 1. The summed E-state index contributed by atoms with van der Waals surface area (Å²) in [6.45, 7) is 4.02. The van der Waals surface area contributed by atoms with Crippen LogP contribution in [-0.2, 0) is 9.53 Å². The van der Waals surface area contributed by atoms with Crippen molar-refractivity contribution < 1.29 is 19.1 Å². The van der Waals surface area contributed by atoms with Gasteiger partial charge >= 0.3 is 5.97 Å². The maximum Gasteiger partial charge on any atom is 0.359 e. The lowest BCUT2D eigenvalue weighted by atomic mass is 10.2. The van der Waals surface area contributed by atoms with Crippen LogP contribution in [0.3, 0.4) is 0 Å². The monoisotopic (exact) mass is 448 g/mol. The van der Waals surface area contributed by atoms with E-state index >= 15 is 0 Å². The van der Waals surface area contributed by atoms with E-state index in [0.717, 1.165) is 17.0 Å². The predicted molar refractivity (Wildman–Crippen MR) is 122 cm³/mol. The molecule has 0 fully saturated rings. The summed E-state index contributed by atoms with van der Waals surface area (Å²) >= 11 is 1.28. The lowest BCUT2D eigenvalue weighted by molar-refractivity contribution is -0.123. The zero-order valence-electron chi connectivity index (χ0n) is 17.4. The second-order valence-corrected chi connectivity index (χ2v) is 7.63. The first-order valence-electron chi connectivity index (χ1n) is 9.96. The smallest absolute Gasteiger partial charge is 0.359 e. The molecule has 1 amide bonds. The zero-order valence-corrected chi connectivity index (χ0v) is 18.3. The molecule has 1 N–H and O–H groups in total. The number of hydrogen-bond donors (Lipinski definition) is 1. The quantitative estimate of drug-likeness (QED) is 0.420. The van der Waals surface area contributed by atoms with Crippen molar-refractivity contribution >= 4 is 39.4 Å². The predicted octanol–water partition coefficient (Wildman–Crippen LogP) is 4.34. The van der Waals surface area contributed by atoms with Crippen molar-refractivity contribution in [2.75, 3.05) is 11.9 Å². The van der Waals surface area contributed by atoms with E-state index in [0.29, 0.717) is 22.8 Å². The molecular weight excluding hydrogens is 428 g/mol. The average molecular weight is 449 g/mol. The Labute approximate surface area is 188 Å². The van der Waals surface area contributed by atoms with Gasteiger partial charge in [-0.05, 0) is 50.2 Å². The number of amides is 1. The standard InChI is InChI=1S/C23H20N4O4S/c1-3-30-16-10-8-15(9-11-16)20-13-32-23(26-20)27-21(28)14(2)31-22(29)19-12-24-17-6-4-5-7-18(17)25-19/h4-14H,3H2,1-2H3,(H,26,27,28). The van der Waals surface area contributed by atoms with Gasteiger partial charge < -0.3 is 9.47 Å². The van der Waals surface area contributed by atoms with Gasteiger partial charge in [0, 0.05) is 10.9 Å². The molecule has 9 heteroatoms. The summed E-state index contributed by atoms with van der Waals surface area (Å²) in [5, 5.41) is 4.93. The van der Waals surface area contributed by atoms with Gasteiger partial charge in [0.05, 0.1) is 29.5 Å². The van der Waals surface area contributed by atoms with Gasteiger partial charge in [0.2, 0.25) is 0 Å². The SMILES string of the molecule is CCOc1ccc(-c2csc(NC(=O)C(C)OC(=O)c3cnc4ccccc4n3)n2)cc1. The van der Waals surface area contributed by atoms with Gasteiger partial charge in [-0.25, -0.2) is 14.8 Å². The van der Waals surface area contributed by atoms with Crippen molar-refractivity contribution in [3.8, 4) is 17.0 Å². The van der Waals surface area contributed by atoms with Gasteiger partial charge in [0.1, 0.15) is 5.75 Å². The number of nitrogens with zero attached hydrogens (tertiary/aromatic N) is 3. The van der Waals surface area contributed by atoms with Crippen LogP contribution >= 0.6 is 11.3 Å². The van der Waals surface area contributed by atoms with Crippen LogP contribution in [0.4, 0.5) is 5.13 Å². The van der Waals surface area contributed by atoms with Crippen molar-refractivity contribution in [2.24, 2.45) is 0 Å². The number of nitrogens with one attached hydrogen (secondary N) is 1. The third kappa shape index (κ3) is 4.89. The maximum atomic E-state index is 12.5. The number of carbonyl (C=O) groups excluding carboxylic acids is 2. The summed E-state index contributed by atoms with van der Waals surface area (Å²) in [5.74, 6) is -0.424. The normalized spacial score (nSPS) is 11.7. The van der Waals surface area contributed by atoms with E-state index in [9.17, 15) is 9.59 Å². The minimum absolute atomic E-state index is 0.0374. The Balaban J connectivity index is 1.37. The fourth-order valence-electron chi connectivity index (χ4n) is 2.89. The molecule has 0 saturated heterocycles. The molecule has 8 nitrogen and oxygen atoms in total. The molecule has 0 aliphatic rings. The number of aromatic nitrogens is 3. The summed E-state index contributed by atoms with van der Waals surface area (Å²) in [5.41, 5.74) is 2.91. The van der Waals surface area contributed by atoms with Crippen molar-refractivity contribution in [3.63, 3.8) is 0 Å². The van der Waals surface area contributed by atoms with Gasteiger partial charge in [-0.2, -0.15) is 0 Å². The number of ether oxygens (including phenoxy) is 2. The van der Waals surface area contributed by atoms with E-state index in [1.165, 1.54) is 24.5 Å². The number of rotatable bonds is 7. The van der Waals surface area contributed by atoms with Gasteiger partial charge in [0.15, 0.2) is 16.9 Å². The molecule has 0 aliphatic carbocycles. The largest absolute Gasteiger partial charge is 0.494 e. The van der Waals surface area contributed by atoms with Crippen LogP contribution in [0.5, 0.6) is 5.75 Å². The highest BCUT2D eigenvalue weighted by molar-refractivity contribution is 7.14. The third-order valence-electron chi connectivity index (χ3n) is 4.51. The van der Waals surface area contributed by atoms with E-state index in [-0.39, 0.29) is 5.69 Å². The number of para-hydroxylation sites is 2. The number of carbonyl (C=O) groups is 2. The Morgan fingerprint density at radius 2 is 1.81 bits per heavy atom. The Hall–Kier alpha value is -3.85. The van der Waals surface area contributed by atoms with Gasteiger partial charge in [0.25, 0.3) is 5.91 Å². The van der Waals surface area contributed by atoms with Crippen molar-refractivity contribution in [1.82, 2.24) is 15.0 Å². The lowest BCUT2D eigenvalue weighted by Gasteiger charge is -2.12. The third-order valence-corrected chi connectivity index (χ3v) is 5.26. The molecule has 0 spiro atoms. The first kappa shape index (κ1) is 21.4. The zero-order chi connectivity index (χ0) is 22.5. The minimum Gasteiger partial charge on any atom is -0.494 e. The molecule has 0 bridgehead atoms. The Bertz CT molecular complexity index is 1260. The van der Waals surface area contributed by atoms with Crippen LogP contribution < -0.4 is 10.1 Å². The molecule has 0 aliphatic heterocycles. The van der Waals surface area contributed by atoms with Crippen LogP contribution in [0.25, 0.3) is 22.3 Å². The number of anilines is 1. The van der Waals surface area contributed by atoms with Crippen molar-refractivity contribution in [3.05, 3.63) is 65.8 Å². The second kappa shape index (κ2) is 9.52. The second-order valence-electron chi connectivity index (χ2n) is 6.78. The molecule has 4 aromatic rings. The minimum atomic E-state index is -1.03. The van der Waals surface area contributed by atoms with E-state index < -0.39 is 18.0 Å². The molecule has 4 rings (SSSR count). The van der Waals surface area contributed by atoms with Gasteiger partial charge in [-0.1, -0.05) is 12.1 Å². The molecule has 0 radical (unpaired) electrons. The molecule has 162 valence electrons. The molecule has 1 unspecified atom stereocenters. The highest BCUT2D eigenvalue weighted by atomic mass is 32.1. The summed E-state index contributed by atoms with van der Waals surface area (Å²) in [4.78, 5) is 37.7. The van der Waals surface area contributed by atoms with E-state index in [4.69, 9.17) is 9.47 Å². The lowest BCUT2D eigenvalue weighted by Crippen LogP contribution is -2.30. The molecule has 2 heterocycles. The molecular formula is C23H20N4O4S.